The number of aldehydes is 1. The van der Waals surface area contributed by atoms with E-state index in [1.807, 2.05) is 0 Å². The van der Waals surface area contributed by atoms with E-state index in [2.05, 4.69) is 0 Å². The first kappa shape index (κ1) is 17.7. The van der Waals surface area contributed by atoms with Gasteiger partial charge in [-0.3, -0.25) is 9.59 Å². The lowest BCUT2D eigenvalue weighted by molar-refractivity contribution is -0.108. The maximum absolute atomic E-state index is 13.0. The molecule has 0 fully saturated rings. The van der Waals surface area contributed by atoms with E-state index in [0.717, 1.165) is 11.6 Å². The summed E-state index contributed by atoms with van der Waals surface area (Å²) in [6.45, 7) is 0.936. The SMILES string of the molecule is O=CCCOc1cc(=O)c(O)c2n1CCN(Cc1ccc(F)cc1)C2=O. The Morgan fingerprint density at radius 2 is 1.92 bits per heavy atom. The Morgan fingerprint density at radius 1 is 1.19 bits per heavy atom. The minimum atomic E-state index is -0.727. The highest BCUT2D eigenvalue weighted by Crippen LogP contribution is 2.26. The number of fused-ring (bicyclic) bond motifs is 1. The van der Waals surface area contributed by atoms with Gasteiger partial charge in [-0.1, -0.05) is 12.1 Å². The quantitative estimate of drug-likeness (QED) is 0.620. The number of pyridine rings is 1. The molecule has 1 N–H and O–H groups in total. The third kappa shape index (κ3) is 3.44. The van der Waals surface area contributed by atoms with Crippen molar-refractivity contribution in [2.75, 3.05) is 13.2 Å². The van der Waals surface area contributed by atoms with E-state index in [0.29, 0.717) is 19.4 Å². The van der Waals surface area contributed by atoms with Crippen LogP contribution >= 0.6 is 0 Å². The summed E-state index contributed by atoms with van der Waals surface area (Å²) in [5, 5.41) is 10.1. The molecule has 3 rings (SSSR count). The van der Waals surface area contributed by atoms with Crippen LogP contribution in [-0.2, 0) is 17.9 Å². The molecule has 8 heteroatoms. The molecule has 0 aliphatic carbocycles. The molecule has 0 atom stereocenters. The number of aromatic nitrogens is 1. The van der Waals surface area contributed by atoms with Crippen LogP contribution in [0.4, 0.5) is 4.39 Å². The van der Waals surface area contributed by atoms with Crippen LogP contribution < -0.4 is 10.2 Å². The number of carbonyl (C=O) groups excluding carboxylic acids is 2. The summed E-state index contributed by atoms with van der Waals surface area (Å²) >= 11 is 0. The van der Waals surface area contributed by atoms with Crippen molar-refractivity contribution in [3.63, 3.8) is 0 Å². The van der Waals surface area contributed by atoms with E-state index in [1.54, 1.807) is 12.1 Å². The minimum Gasteiger partial charge on any atom is -0.503 e. The molecule has 0 radical (unpaired) electrons. The van der Waals surface area contributed by atoms with Gasteiger partial charge in [0, 0.05) is 32.1 Å². The summed E-state index contributed by atoms with van der Waals surface area (Å²) in [5.41, 5.74) is -0.144. The van der Waals surface area contributed by atoms with E-state index in [4.69, 9.17) is 4.74 Å². The maximum Gasteiger partial charge on any atom is 0.274 e. The zero-order valence-corrected chi connectivity index (χ0v) is 13.9. The molecule has 1 aliphatic rings. The molecular weight excluding hydrogens is 343 g/mol. The van der Waals surface area contributed by atoms with Gasteiger partial charge >= 0.3 is 0 Å². The van der Waals surface area contributed by atoms with Crippen LogP contribution in [0.15, 0.2) is 35.1 Å². The summed E-state index contributed by atoms with van der Waals surface area (Å²) in [6, 6.07) is 6.86. The van der Waals surface area contributed by atoms with Gasteiger partial charge in [0.05, 0.1) is 6.61 Å². The van der Waals surface area contributed by atoms with Crippen LogP contribution in [0.2, 0.25) is 0 Å². The van der Waals surface area contributed by atoms with E-state index >= 15 is 0 Å². The molecule has 2 aromatic rings. The highest BCUT2D eigenvalue weighted by molar-refractivity contribution is 5.96. The molecule has 1 aromatic carbocycles. The van der Waals surface area contributed by atoms with Gasteiger partial charge in [-0.25, -0.2) is 4.39 Å². The average Bonchev–Trinajstić information content (AvgIpc) is 2.63. The van der Waals surface area contributed by atoms with Crippen molar-refractivity contribution in [1.29, 1.82) is 0 Å². The second-order valence-electron chi connectivity index (χ2n) is 5.85. The third-order valence-corrected chi connectivity index (χ3v) is 4.10. The van der Waals surface area contributed by atoms with Crippen LogP contribution in [0.1, 0.15) is 22.5 Å². The van der Waals surface area contributed by atoms with E-state index < -0.39 is 17.1 Å². The van der Waals surface area contributed by atoms with Gasteiger partial charge in [-0.15, -0.1) is 0 Å². The average molecular weight is 360 g/mol. The molecule has 1 amide bonds. The highest BCUT2D eigenvalue weighted by atomic mass is 19.1. The van der Waals surface area contributed by atoms with Gasteiger partial charge in [0.25, 0.3) is 5.91 Å². The fourth-order valence-electron chi connectivity index (χ4n) is 2.82. The molecule has 136 valence electrons. The molecule has 0 spiro atoms. The van der Waals surface area contributed by atoms with Gasteiger partial charge in [-0.2, -0.15) is 0 Å². The smallest absolute Gasteiger partial charge is 0.274 e. The Balaban J connectivity index is 1.89. The molecule has 26 heavy (non-hydrogen) atoms. The summed E-state index contributed by atoms with van der Waals surface area (Å²) in [4.78, 5) is 36.6. The fraction of sp³-hybridized carbons (Fsp3) is 0.278. The van der Waals surface area contributed by atoms with Crippen molar-refractivity contribution < 1.29 is 23.8 Å². The Morgan fingerprint density at radius 3 is 2.62 bits per heavy atom. The van der Waals surface area contributed by atoms with Gasteiger partial charge in [0.15, 0.2) is 17.3 Å². The van der Waals surface area contributed by atoms with Gasteiger partial charge in [-0.05, 0) is 17.7 Å². The van der Waals surface area contributed by atoms with Crippen LogP contribution in [-0.4, -0.2) is 39.9 Å². The summed E-state index contributed by atoms with van der Waals surface area (Å²) in [7, 11) is 0. The number of hydrogen-bond acceptors (Lipinski definition) is 5. The summed E-state index contributed by atoms with van der Waals surface area (Å²) < 4.78 is 19.9. The molecular formula is C18H17FN2O5. The zero-order valence-electron chi connectivity index (χ0n) is 13.9. The second kappa shape index (κ2) is 7.38. The number of carbonyl (C=O) groups is 2. The minimum absolute atomic E-state index is 0.0701. The Labute approximate surface area is 148 Å². The molecule has 1 aliphatic heterocycles. The van der Waals surface area contributed by atoms with Crippen LogP contribution in [0.3, 0.4) is 0 Å². The van der Waals surface area contributed by atoms with Crippen molar-refractivity contribution in [1.82, 2.24) is 9.47 Å². The number of hydrogen-bond donors (Lipinski definition) is 1. The first-order valence-electron chi connectivity index (χ1n) is 8.08. The lowest BCUT2D eigenvalue weighted by Crippen LogP contribution is -2.41. The van der Waals surface area contributed by atoms with Crippen molar-refractivity contribution in [3.05, 3.63) is 57.6 Å². The fourth-order valence-corrected chi connectivity index (χ4v) is 2.82. The Hall–Kier alpha value is -3.16. The lowest BCUT2D eigenvalue weighted by atomic mass is 10.1. The van der Waals surface area contributed by atoms with Crippen LogP contribution in [0.25, 0.3) is 0 Å². The van der Waals surface area contributed by atoms with E-state index in [1.165, 1.54) is 21.6 Å². The molecule has 0 bridgehead atoms. The topological polar surface area (TPSA) is 88.8 Å². The van der Waals surface area contributed by atoms with Gasteiger partial charge in [0.1, 0.15) is 12.1 Å². The maximum atomic E-state index is 13.0. The van der Waals surface area contributed by atoms with Crippen molar-refractivity contribution in [2.24, 2.45) is 0 Å². The Kier molecular flexibility index (Phi) is 5.01. The summed E-state index contributed by atoms with van der Waals surface area (Å²) in [6.07, 6.45) is 0.834. The van der Waals surface area contributed by atoms with E-state index in [9.17, 15) is 23.9 Å². The normalized spacial score (nSPS) is 13.4. The predicted molar refractivity (Wildman–Crippen MR) is 89.7 cm³/mol. The largest absolute Gasteiger partial charge is 0.503 e. The number of ether oxygens (including phenoxy) is 1. The molecule has 0 unspecified atom stereocenters. The second-order valence-corrected chi connectivity index (χ2v) is 5.85. The first-order valence-corrected chi connectivity index (χ1v) is 8.08. The van der Waals surface area contributed by atoms with Crippen LogP contribution in [0.5, 0.6) is 11.6 Å². The Bertz CT molecular complexity index is 892. The number of rotatable bonds is 6. The van der Waals surface area contributed by atoms with Crippen molar-refractivity contribution >= 4 is 12.2 Å². The van der Waals surface area contributed by atoms with Crippen molar-refractivity contribution in [3.8, 4) is 11.6 Å². The lowest BCUT2D eigenvalue weighted by Gasteiger charge is -2.31. The molecule has 1 aromatic heterocycles. The first-order chi connectivity index (χ1) is 12.5. The summed E-state index contributed by atoms with van der Waals surface area (Å²) in [5.74, 6) is -1.39. The number of halogens is 1. The number of nitrogens with zero attached hydrogens (tertiary/aromatic N) is 2. The zero-order chi connectivity index (χ0) is 18.7. The van der Waals surface area contributed by atoms with Crippen molar-refractivity contribution in [2.45, 2.75) is 19.5 Å². The van der Waals surface area contributed by atoms with E-state index in [-0.39, 0.29) is 37.0 Å². The molecule has 0 saturated carbocycles. The van der Waals surface area contributed by atoms with Gasteiger partial charge in [0.2, 0.25) is 5.43 Å². The highest BCUT2D eigenvalue weighted by Gasteiger charge is 2.30. The number of benzene rings is 1. The predicted octanol–water partition coefficient (Wildman–Crippen LogP) is 1.32. The standard InChI is InChI=1S/C18H17FN2O5/c19-13-4-2-12(3-5-13)11-20-6-7-21-15(26-9-1-8-22)10-14(23)17(24)16(21)18(20)25/h2-5,8,10,24H,1,6-7,9,11H2. The third-order valence-electron chi connectivity index (χ3n) is 4.10. The number of amides is 1. The molecule has 7 nitrogen and oxygen atoms in total. The monoisotopic (exact) mass is 360 g/mol. The molecule has 0 saturated heterocycles. The van der Waals surface area contributed by atoms with Gasteiger partial charge < -0.3 is 24.1 Å². The molecule has 2 heterocycles. The van der Waals surface area contributed by atoms with Crippen LogP contribution in [0, 0.1) is 5.82 Å². The number of aromatic hydroxyl groups is 1.